The maximum Gasteiger partial charge on any atom is 0.286 e. The molecule has 1 saturated heterocycles. The van der Waals surface area contributed by atoms with Crippen molar-refractivity contribution in [3.05, 3.63) is 69.3 Å². The lowest BCUT2D eigenvalue weighted by Crippen LogP contribution is -2.50. The van der Waals surface area contributed by atoms with Crippen LogP contribution < -0.4 is 5.32 Å². The van der Waals surface area contributed by atoms with E-state index in [9.17, 15) is 25.1 Å². The highest BCUT2D eigenvalue weighted by Crippen LogP contribution is 2.49. The first kappa shape index (κ1) is 47.4. The standard InChI is InChI=1S/C37H63N7O2S.C7H6O/c1-11-16-19-27(14-4)24-43(25-28(15-5)20-17-12-2)36(39)47-32(33-37(6,26-40-7)42(33)10)22-30-29(21-18-13-3)31(23-38)35(46)44(34(30)45)41(8)9;8-6-7-4-2-1-3-5-7/h22,27-28,39-40H,11-21,24-26H2,1-10H3;1-6H/b30-22-,33-32+,39-36?;. The number of likely N-dealkylation sites (N-methyl/N-ethyl adjacent to an activating group) is 2. The number of benzene rings is 1. The van der Waals surface area contributed by atoms with Crippen molar-refractivity contribution in [3.8, 4) is 6.07 Å². The number of amides is 2. The Kier molecular flexibility index (Phi) is 20.7. The Morgan fingerprint density at radius 1 is 0.964 bits per heavy atom. The molecule has 2 N–H and O–H groups in total. The molecule has 2 heterocycles. The van der Waals surface area contributed by atoms with Gasteiger partial charge in [0.2, 0.25) is 0 Å². The van der Waals surface area contributed by atoms with Crippen LogP contribution >= 0.6 is 11.8 Å². The van der Waals surface area contributed by atoms with Crippen LogP contribution in [0.1, 0.15) is 123 Å². The molecule has 304 valence electrons. The summed E-state index contributed by atoms with van der Waals surface area (Å²) in [6.45, 7) is 15.6. The highest BCUT2D eigenvalue weighted by Gasteiger charge is 2.52. The molecular formula is C44H69N7O3S. The maximum absolute atomic E-state index is 14.1. The van der Waals surface area contributed by atoms with Crippen LogP contribution in [0, 0.1) is 28.6 Å². The molecule has 0 radical (unpaired) electrons. The van der Waals surface area contributed by atoms with Crippen LogP contribution in [0.15, 0.2) is 63.7 Å². The van der Waals surface area contributed by atoms with Gasteiger partial charge in [-0.05, 0) is 63.1 Å². The fourth-order valence-electron chi connectivity index (χ4n) is 7.11. The zero-order valence-corrected chi connectivity index (χ0v) is 36.3. The van der Waals surface area contributed by atoms with Crippen LogP contribution in [0.25, 0.3) is 0 Å². The number of amidine groups is 1. The van der Waals surface area contributed by atoms with Crippen molar-refractivity contribution in [2.24, 2.45) is 11.8 Å². The number of rotatable bonds is 21. The minimum absolute atomic E-state index is 0.0228. The number of allylic oxidation sites excluding steroid dienone is 1. The predicted molar refractivity (Wildman–Crippen MR) is 228 cm³/mol. The van der Waals surface area contributed by atoms with E-state index in [1.54, 1.807) is 26.2 Å². The largest absolute Gasteiger partial charge is 0.363 e. The van der Waals surface area contributed by atoms with Gasteiger partial charge in [0.25, 0.3) is 11.8 Å². The molecule has 2 aliphatic heterocycles. The van der Waals surface area contributed by atoms with E-state index >= 15 is 0 Å². The highest BCUT2D eigenvalue weighted by molar-refractivity contribution is 8.17. The van der Waals surface area contributed by atoms with Crippen LogP contribution in [0.3, 0.4) is 0 Å². The molecule has 2 aliphatic rings. The number of hydrogen-bond acceptors (Lipinski definition) is 9. The molecule has 0 saturated carbocycles. The summed E-state index contributed by atoms with van der Waals surface area (Å²) in [5, 5.41) is 26.1. The molecule has 3 unspecified atom stereocenters. The molecule has 3 rings (SSSR count). The Morgan fingerprint density at radius 2 is 1.53 bits per heavy atom. The van der Waals surface area contributed by atoms with Crippen molar-refractivity contribution >= 4 is 35.0 Å². The van der Waals surface area contributed by atoms with Gasteiger partial charge in [0.15, 0.2) is 5.17 Å². The fourth-order valence-corrected chi connectivity index (χ4v) is 8.23. The van der Waals surface area contributed by atoms with Crippen molar-refractivity contribution in [1.82, 2.24) is 25.1 Å². The Balaban J connectivity index is 0.00000115. The van der Waals surface area contributed by atoms with Gasteiger partial charge in [-0.1, -0.05) is 122 Å². The number of hydrogen-bond donors (Lipinski definition) is 2. The highest BCUT2D eigenvalue weighted by atomic mass is 32.2. The summed E-state index contributed by atoms with van der Waals surface area (Å²) in [5.74, 6) is 0.00888. The third kappa shape index (κ3) is 13.2. The van der Waals surface area contributed by atoms with E-state index in [2.05, 4.69) is 69.8 Å². The van der Waals surface area contributed by atoms with Crippen LogP contribution in [0.2, 0.25) is 0 Å². The van der Waals surface area contributed by atoms with Crippen molar-refractivity contribution in [2.75, 3.05) is 47.8 Å². The number of nitrogens with one attached hydrogen (secondary N) is 2. The van der Waals surface area contributed by atoms with Crippen LogP contribution in [0.4, 0.5) is 0 Å². The number of nitriles is 1. The molecule has 11 heteroatoms. The van der Waals surface area contributed by atoms with E-state index in [0.29, 0.717) is 41.1 Å². The molecule has 0 aliphatic carbocycles. The molecule has 1 aromatic carbocycles. The average molecular weight is 776 g/mol. The number of aldehydes is 1. The molecule has 3 atom stereocenters. The van der Waals surface area contributed by atoms with Gasteiger partial charge < -0.3 is 15.1 Å². The van der Waals surface area contributed by atoms with E-state index in [1.807, 2.05) is 31.3 Å². The second-order valence-electron chi connectivity index (χ2n) is 15.1. The van der Waals surface area contributed by atoms with Crippen molar-refractivity contribution < 1.29 is 14.4 Å². The summed E-state index contributed by atoms with van der Waals surface area (Å²) >= 11 is 1.42. The van der Waals surface area contributed by atoms with E-state index in [-0.39, 0.29) is 11.1 Å². The first-order valence-electron chi connectivity index (χ1n) is 20.4. The number of thioether (sulfide) groups is 1. The first-order valence-corrected chi connectivity index (χ1v) is 21.2. The van der Waals surface area contributed by atoms with E-state index in [1.165, 1.54) is 29.6 Å². The Hall–Kier alpha value is -3.72. The zero-order valence-electron chi connectivity index (χ0n) is 35.5. The van der Waals surface area contributed by atoms with Gasteiger partial charge in [0.05, 0.1) is 11.2 Å². The Bertz CT molecular complexity index is 1550. The third-order valence-electron chi connectivity index (χ3n) is 10.8. The van der Waals surface area contributed by atoms with Crippen LogP contribution in [-0.4, -0.2) is 96.4 Å². The number of nitrogens with zero attached hydrogens (tertiary/aromatic N) is 5. The SMILES string of the molecule is CCCCC1=C(C#N)C(=O)N(N(C)C)C(=O)/C1=C\C(SC(=N)N(CC(CC)CCCC)CC(CC)CCCC)=C1/N(C)C1(C)CNC.O=Cc1ccccc1. The van der Waals surface area contributed by atoms with Gasteiger partial charge in [-0.2, -0.15) is 5.26 Å². The van der Waals surface area contributed by atoms with Crippen molar-refractivity contribution in [3.63, 3.8) is 0 Å². The number of imide groups is 1. The zero-order chi connectivity index (χ0) is 41.1. The van der Waals surface area contributed by atoms with Gasteiger partial charge >= 0.3 is 0 Å². The lowest BCUT2D eigenvalue weighted by Gasteiger charge is -2.33. The summed E-state index contributed by atoms with van der Waals surface area (Å²) < 4.78 is 0. The van der Waals surface area contributed by atoms with Crippen molar-refractivity contribution in [1.29, 1.82) is 10.7 Å². The minimum Gasteiger partial charge on any atom is -0.363 e. The van der Waals surface area contributed by atoms with E-state index < -0.39 is 11.8 Å². The van der Waals surface area contributed by atoms with E-state index in [0.717, 1.165) is 91.9 Å². The Morgan fingerprint density at radius 3 is 1.96 bits per heavy atom. The number of carbonyl (C=O) groups excluding carboxylic acids is 3. The normalized spacial score (nSPS) is 19.6. The topological polar surface area (TPSA) is 124 Å². The molecule has 0 bridgehead atoms. The first-order chi connectivity index (χ1) is 26.3. The molecule has 2 amide bonds. The van der Waals surface area contributed by atoms with Gasteiger partial charge in [-0.3, -0.25) is 19.8 Å². The second-order valence-corrected chi connectivity index (χ2v) is 16.2. The van der Waals surface area contributed by atoms with Gasteiger partial charge in [-0.25, -0.2) is 10.0 Å². The molecule has 1 aromatic rings. The molecule has 0 aromatic heterocycles. The number of carbonyl (C=O) groups is 3. The van der Waals surface area contributed by atoms with Gasteiger partial charge in [0.1, 0.15) is 17.9 Å². The number of hydrazine groups is 1. The van der Waals surface area contributed by atoms with Gasteiger partial charge in [-0.15, -0.1) is 0 Å². The minimum atomic E-state index is -0.578. The van der Waals surface area contributed by atoms with E-state index in [4.69, 9.17) is 0 Å². The monoisotopic (exact) mass is 776 g/mol. The van der Waals surface area contributed by atoms with Crippen molar-refractivity contribution in [2.45, 2.75) is 118 Å². The summed E-state index contributed by atoms with van der Waals surface area (Å²) in [4.78, 5) is 42.8. The molecule has 55 heavy (non-hydrogen) atoms. The lowest BCUT2D eigenvalue weighted by atomic mass is 9.90. The molecule has 0 spiro atoms. The van der Waals surface area contributed by atoms with Crippen LogP contribution in [-0.2, 0) is 9.59 Å². The van der Waals surface area contributed by atoms with Gasteiger partial charge in [0, 0.05) is 56.8 Å². The summed E-state index contributed by atoms with van der Waals surface area (Å²) in [5.41, 5.74) is 2.41. The molecule has 1 fully saturated rings. The quantitative estimate of drug-likeness (QED) is 0.0315. The predicted octanol–water partition coefficient (Wildman–Crippen LogP) is 8.81. The Labute approximate surface area is 336 Å². The average Bonchev–Trinajstić information content (AvgIpc) is 3.72. The summed E-state index contributed by atoms with van der Waals surface area (Å²) in [6.07, 6.45) is 14.0. The second kappa shape index (κ2) is 24.0. The maximum atomic E-state index is 14.1. The summed E-state index contributed by atoms with van der Waals surface area (Å²) in [7, 11) is 7.27. The smallest absolute Gasteiger partial charge is 0.286 e. The molecular weight excluding hydrogens is 707 g/mol. The molecule has 10 nitrogen and oxygen atoms in total. The fraction of sp³-hybridized carbons (Fsp3) is 0.614. The van der Waals surface area contributed by atoms with Crippen LogP contribution in [0.5, 0.6) is 0 Å². The number of unbranched alkanes of at least 4 members (excludes halogenated alkanes) is 3. The third-order valence-corrected chi connectivity index (χ3v) is 11.8. The summed E-state index contributed by atoms with van der Waals surface area (Å²) in [6, 6.07) is 11.2. The lowest BCUT2D eigenvalue weighted by molar-refractivity contribution is -0.155.